The summed E-state index contributed by atoms with van der Waals surface area (Å²) in [5.74, 6) is -1.44. The van der Waals surface area contributed by atoms with E-state index in [0.29, 0.717) is 33.7 Å². The number of benzene rings is 1. The molecule has 0 bridgehead atoms. The third-order valence-corrected chi connectivity index (χ3v) is 4.25. The lowest BCUT2D eigenvalue weighted by Gasteiger charge is -2.27. The molecule has 2 N–H and O–H groups in total. The molecular weight excluding hydrogens is 395 g/mol. The monoisotopic (exact) mass is 416 g/mol. The summed E-state index contributed by atoms with van der Waals surface area (Å²) in [7, 11) is 0. The Balaban J connectivity index is 2.97. The second kappa shape index (κ2) is 11.3. The summed E-state index contributed by atoms with van der Waals surface area (Å²) in [5, 5.41) is 12.6. The molecule has 0 spiro atoms. The van der Waals surface area contributed by atoms with Gasteiger partial charge in [0.15, 0.2) is 0 Å². The highest BCUT2D eigenvalue weighted by Gasteiger charge is 2.17. The van der Waals surface area contributed by atoms with Crippen molar-refractivity contribution in [2.45, 2.75) is 20.3 Å². The first-order chi connectivity index (χ1) is 12.2. The largest absolute Gasteiger partial charge is 0.481 e. The van der Waals surface area contributed by atoms with Gasteiger partial charge in [-0.05, 0) is 37.6 Å². The molecule has 0 aliphatic carbocycles. The molecule has 0 fully saturated rings. The van der Waals surface area contributed by atoms with Gasteiger partial charge in [-0.1, -0.05) is 59.5 Å². The van der Waals surface area contributed by atoms with Crippen LogP contribution >= 0.6 is 34.8 Å². The van der Waals surface area contributed by atoms with Crippen LogP contribution in [-0.2, 0) is 4.79 Å². The van der Waals surface area contributed by atoms with Crippen molar-refractivity contribution in [2.75, 3.05) is 18.5 Å². The van der Waals surface area contributed by atoms with E-state index >= 15 is 0 Å². The van der Waals surface area contributed by atoms with Crippen LogP contribution in [-0.4, -0.2) is 29.2 Å². The van der Waals surface area contributed by atoms with Crippen LogP contribution in [0.15, 0.2) is 53.6 Å². The number of hydrogen-bond donors (Lipinski definition) is 2. The number of halogens is 3. The highest BCUT2D eigenvalue weighted by Crippen LogP contribution is 2.26. The highest BCUT2D eigenvalue weighted by atomic mass is 35.5. The summed E-state index contributed by atoms with van der Waals surface area (Å²) in [4.78, 5) is 11.2. The van der Waals surface area contributed by atoms with Gasteiger partial charge in [-0.15, -0.1) is 6.58 Å². The maximum absolute atomic E-state index is 11.2. The van der Waals surface area contributed by atoms with Crippen LogP contribution < -0.4 is 5.43 Å². The Bertz CT molecular complexity index is 702. The molecule has 0 saturated carbocycles. The van der Waals surface area contributed by atoms with Gasteiger partial charge in [0.2, 0.25) is 0 Å². The average molecular weight is 418 g/mol. The zero-order valence-corrected chi connectivity index (χ0v) is 17.1. The minimum Gasteiger partial charge on any atom is -0.481 e. The van der Waals surface area contributed by atoms with Crippen LogP contribution in [0.25, 0.3) is 0 Å². The Morgan fingerprint density at radius 3 is 2.73 bits per heavy atom. The summed E-state index contributed by atoms with van der Waals surface area (Å²) in [5.41, 5.74) is 4.72. The third kappa shape index (κ3) is 8.28. The van der Waals surface area contributed by atoms with E-state index < -0.39 is 11.9 Å². The molecule has 1 unspecified atom stereocenters. The quantitative estimate of drug-likeness (QED) is 0.279. The van der Waals surface area contributed by atoms with Crippen molar-refractivity contribution >= 4 is 46.5 Å². The van der Waals surface area contributed by atoms with E-state index in [0.717, 1.165) is 5.57 Å². The van der Waals surface area contributed by atoms with Crippen LogP contribution in [0.4, 0.5) is 5.69 Å². The number of carboxylic acids is 1. The molecule has 1 atom stereocenters. The number of aliphatic carboxylic acids is 1. The van der Waals surface area contributed by atoms with Crippen LogP contribution in [0.2, 0.25) is 10.0 Å². The van der Waals surface area contributed by atoms with E-state index in [1.807, 2.05) is 19.1 Å². The SMILES string of the molecule is C=CC/C=C(Cl)\C=C(/C)CN(CC(C)C(=O)O)Nc1cc(Cl)ccc1Cl. The first-order valence-electron chi connectivity index (χ1n) is 8.06. The van der Waals surface area contributed by atoms with Crippen LogP contribution in [0.1, 0.15) is 20.3 Å². The Morgan fingerprint density at radius 1 is 1.42 bits per heavy atom. The molecule has 0 aromatic heterocycles. The third-order valence-electron chi connectivity index (χ3n) is 3.43. The van der Waals surface area contributed by atoms with Crippen molar-refractivity contribution in [1.82, 2.24) is 5.01 Å². The maximum Gasteiger partial charge on any atom is 0.307 e. The molecule has 0 amide bonds. The Labute approximate surface area is 169 Å². The van der Waals surface area contributed by atoms with E-state index in [-0.39, 0.29) is 6.54 Å². The van der Waals surface area contributed by atoms with Gasteiger partial charge in [0.25, 0.3) is 0 Å². The van der Waals surface area contributed by atoms with E-state index in [2.05, 4.69) is 12.0 Å². The first kappa shape index (κ1) is 22.6. The van der Waals surface area contributed by atoms with Gasteiger partial charge in [-0.25, -0.2) is 5.01 Å². The van der Waals surface area contributed by atoms with Gasteiger partial charge in [0.1, 0.15) is 0 Å². The van der Waals surface area contributed by atoms with E-state index in [1.54, 1.807) is 36.2 Å². The van der Waals surface area contributed by atoms with E-state index in [9.17, 15) is 9.90 Å². The minimum atomic E-state index is -0.875. The summed E-state index contributed by atoms with van der Waals surface area (Å²) < 4.78 is 0. The van der Waals surface area contributed by atoms with Gasteiger partial charge >= 0.3 is 5.97 Å². The Kier molecular flexibility index (Phi) is 9.81. The number of rotatable bonds is 10. The fourth-order valence-electron chi connectivity index (χ4n) is 2.15. The van der Waals surface area contributed by atoms with Crippen LogP contribution in [0, 0.1) is 5.92 Å². The highest BCUT2D eigenvalue weighted by molar-refractivity contribution is 6.35. The van der Waals surface area contributed by atoms with Crippen molar-refractivity contribution in [1.29, 1.82) is 0 Å². The molecule has 1 aromatic carbocycles. The van der Waals surface area contributed by atoms with Crippen molar-refractivity contribution < 1.29 is 9.90 Å². The zero-order valence-electron chi connectivity index (χ0n) is 14.8. The van der Waals surface area contributed by atoms with Crippen molar-refractivity contribution in [2.24, 2.45) is 5.92 Å². The van der Waals surface area contributed by atoms with Gasteiger partial charge in [0.05, 0.1) is 16.6 Å². The molecule has 0 aliphatic rings. The number of allylic oxidation sites excluding steroid dienone is 4. The summed E-state index contributed by atoms with van der Waals surface area (Å²) in [6.45, 7) is 7.95. The maximum atomic E-state index is 11.2. The van der Waals surface area contributed by atoms with Gasteiger partial charge in [-0.2, -0.15) is 0 Å². The molecule has 4 nitrogen and oxygen atoms in total. The number of nitrogens with one attached hydrogen (secondary N) is 1. The number of hydrazine groups is 1. The predicted molar refractivity (Wildman–Crippen MR) is 111 cm³/mol. The molecule has 26 heavy (non-hydrogen) atoms. The van der Waals surface area contributed by atoms with E-state index in [1.165, 1.54) is 0 Å². The zero-order chi connectivity index (χ0) is 19.7. The lowest BCUT2D eigenvalue weighted by Crippen LogP contribution is -2.37. The molecular formula is C19H23Cl3N2O2. The average Bonchev–Trinajstić information content (AvgIpc) is 2.55. The molecule has 0 aliphatic heterocycles. The first-order valence-corrected chi connectivity index (χ1v) is 9.19. The number of anilines is 1. The molecule has 0 radical (unpaired) electrons. The lowest BCUT2D eigenvalue weighted by molar-refractivity contribution is -0.141. The van der Waals surface area contributed by atoms with Crippen LogP contribution in [0.3, 0.4) is 0 Å². The lowest BCUT2D eigenvalue weighted by atomic mass is 10.1. The summed E-state index contributed by atoms with van der Waals surface area (Å²) >= 11 is 18.4. The number of nitrogens with zero attached hydrogens (tertiary/aromatic N) is 1. The van der Waals surface area contributed by atoms with Crippen LogP contribution in [0.5, 0.6) is 0 Å². The second-order valence-corrected chi connectivity index (χ2v) is 7.24. The van der Waals surface area contributed by atoms with Gasteiger partial charge < -0.3 is 10.5 Å². The molecule has 1 rings (SSSR count). The van der Waals surface area contributed by atoms with Gasteiger partial charge in [-0.3, -0.25) is 4.79 Å². The van der Waals surface area contributed by atoms with Gasteiger partial charge in [0, 0.05) is 23.1 Å². The minimum absolute atomic E-state index is 0.275. The normalized spacial score (nSPS) is 13.6. The topological polar surface area (TPSA) is 52.6 Å². The van der Waals surface area contributed by atoms with Crippen molar-refractivity contribution in [3.63, 3.8) is 0 Å². The fraction of sp³-hybridized carbons (Fsp3) is 0.316. The number of hydrogen-bond acceptors (Lipinski definition) is 3. The molecule has 0 heterocycles. The Hall–Kier alpha value is -1.46. The predicted octanol–water partition coefficient (Wildman–Crippen LogP) is 5.99. The molecule has 7 heteroatoms. The fourth-order valence-corrected chi connectivity index (χ4v) is 2.76. The number of carbonyl (C=O) groups is 1. The number of carboxylic acid groups (broad SMARTS) is 1. The Morgan fingerprint density at radius 2 is 2.12 bits per heavy atom. The molecule has 142 valence electrons. The summed E-state index contributed by atoms with van der Waals surface area (Å²) in [6.07, 6.45) is 6.13. The van der Waals surface area contributed by atoms with E-state index in [4.69, 9.17) is 34.8 Å². The molecule has 0 saturated heterocycles. The summed E-state index contributed by atoms with van der Waals surface area (Å²) in [6, 6.07) is 5.07. The molecule has 1 aromatic rings. The van der Waals surface area contributed by atoms with Crippen molar-refractivity contribution in [3.8, 4) is 0 Å². The van der Waals surface area contributed by atoms with Crippen molar-refractivity contribution in [3.05, 3.63) is 63.7 Å². The second-order valence-electron chi connectivity index (χ2n) is 5.96. The standard InChI is InChI=1S/C19H23Cl3N2O2/c1-4-5-6-15(20)9-13(2)11-24(12-14(3)19(25)26)23-18-10-16(21)7-8-17(18)22/h4,6-10,14,23H,1,5,11-12H2,2-3H3,(H,25,26)/b13-9+,15-6+. The smallest absolute Gasteiger partial charge is 0.307 e.